The summed E-state index contributed by atoms with van der Waals surface area (Å²) in [7, 11) is 0. The third-order valence-corrected chi connectivity index (χ3v) is 4.00. The van der Waals surface area contributed by atoms with Gasteiger partial charge in [-0.2, -0.15) is 0 Å². The van der Waals surface area contributed by atoms with Crippen molar-refractivity contribution >= 4 is 42.3 Å². The van der Waals surface area contributed by atoms with Crippen LogP contribution in [0.4, 0.5) is 0 Å². The van der Waals surface area contributed by atoms with Gasteiger partial charge in [0.2, 0.25) is 0 Å². The van der Waals surface area contributed by atoms with Crippen molar-refractivity contribution in [3.63, 3.8) is 0 Å². The fraction of sp³-hybridized carbons (Fsp3) is 0.294. The fourth-order valence-corrected chi connectivity index (χ4v) is 2.72. The summed E-state index contributed by atoms with van der Waals surface area (Å²) in [5.41, 5.74) is 0.530. The van der Waals surface area contributed by atoms with Crippen molar-refractivity contribution in [2.45, 2.75) is 18.9 Å². The lowest BCUT2D eigenvalue weighted by atomic mass is 10.1. The van der Waals surface area contributed by atoms with Crippen LogP contribution in [0.3, 0.4) is 0 Å². The van der Waals surface area contributed by atoms with E-state index in [1.54, 1.807) is 42.7 Å². The maximum atomic E-state index is 12.3. The van der Waals surface area contributed by atoms with E-state index < -0.39 is 0 Å². The van der Waals surface area contributed by atoms with Crippen LogP contribution in [-0.4, -0.2) is 30.0 Å². The van der Waals surface area contributed by atoms with Gasteiger partial charge in [0.05, 0.1) is 5.02 Å². The molecule has 0 spiro atoms. The van der Waals surface area contributed by atoms with Gasteiger partial charge in [-0.05, 0) is 49.7 Å². The molecule has 1 saturated heterocycles. The van der Waals surface area contributed by atoms with Gasteiger partial charge in [-0.1, -0.05) is 11.6 Å². The van der Waals surface area contributed by atoms with Gasteiger partial charge in [0.1, 0.15) is 11.5 Å². The number of halogens is 3. The molecule has 25 heavy (non-hydrogen) atoms. The summed E-state index contributed by atoms with van der Waals surface area (Å²) in [6.07, 6.45) is 5.35. The van der Waals surface area contributed by atoms with Gasteiger partial charge in [0.25, 0.3) is 5.91 Å². The molecule has 1 atom stereocenters. The van der Waals surface area contributed by atoms with Crippen LogP contribution >= 0.6 is 36.4 Å². The number of piperidine rings is 1. The first kappa shape index (κ1) is 21.5. The highest BCUT2D eigenvalue weighted by Crippen LogP contribution is 2.29. The Hall–Kier alpha value is -1.53. The molecule has 3 rings (SSSR count). The van der Waals surface area contributed by atoms with Gasteiger partial charge in [-0.25, -0.2) is 0 Å². The number of aromatic nitrogens is 1. The predicted octanol–water partition coefficient (Wildman–Crippen LogP) is 3.85. The lowest BCUT2D eigenvalue weighted by molar-refractivity contribution is 0.0930. The average Bonchev–Trinajstić information content (AvgIpc) is 2.58. The molecule has 2 aromatic rings. The summed E-state index contributed by atoms with van der Waals surface area (Å²) in [5.74, 6) is 1.04. The number of hydrogen-bond donors (Lipinski definition) is 2. The minimum Gasteiger partial charge on any atom is -0.456 e. The smallest absolute Gasteiger partial charge is 0.251 e. The Morgan fingerprint density at radius 2 is 2.00 bits per heavy atom. The first-order chi connectivity index (χ1) is 11.2. The van der Waals surface area contributed by atoms with Gasteiger partial charge >= 0.3 is 0 Å². The topological polar surface area (TPSA) is 63.2 Å². The fourth-order valence-electron chi connectivity index (χ4n) is 2.50. The largest absolute Gasteiger partial charge is 0.456 e. The lowest BCUT2D eigenvalue weighted by Gasteiger charge is -2.23. The van der Waals surface area contributed by atoms with E-state index >= 15 is 0 Å². The summed E-state index contributed by atoms with van der Waals surface area (Å²) in [5, 5.41) is 6.70. The van der Waals surface area contributed by atoms with Crippen molar-refractivity contribution < 1.29 is 9.53 Å². The highest BCUT2D eigenvalue weighted by molar-refractivity contribution is 6.32. The third kappa shape index (κ3) is 6.04. The Kier molecular flexibility index (Phi) is 9.00. The molecule has 1 amide bonds. The quantitative estimate of drug-likeness (QED) is 0.812. The van der Waals surface area contributed by atoms with Gasteiger partial charge in [-0.3, -0.25) is 9.78 Å². The zero-order chi connectivity index (χ0) is 16.1. The van der Waals surface area contributed by atoms with Gasteiger partial charge in [0.15, 0.2) is 0 Å². The molecule has 2 N–H and O–H groups in total. The number of rotatable bonds is 4. The molecule has 5 nitrogen and oxygen atoms in total. The Morgan fingerprint density at radius 3 is 2.64 bits per heavy atom. The molecule has 0 saturated carbocycles. The van der Waals surface area contributed by atoms with E-state index in [-0.39, 0.29) is 36.8 Å². The van der Waals surface area contributed by atoms with E-state index in [0.717, 1.165) is 25.9 Å². The molecule has 1 aromatic heterocycles. The van der Waals surface area contributed by atoms with Gasteiger partial charge < -0.3 is 15.4 Å². The van der Waals surface area contributed by atoms with Crippen LogP contribution in [0.15, 0.2) is 42.7 Å². The summed E-state index contributed by atoms with van der Waals surface area (Å²) < 4.78 is 5.68. The van der Waals surface area contributed by atoms with Crippen LogP contribution in [0.25, 0.3) is 0 Å². The predicted molar refractivity (Wildman–Crippen MR) is 104 cm³/mol. The maximum absolute atomic E-state index is 12.3. The molecule has 0 radical (unpaired) electrons. The summed E-state index contributed by atoms with van der Waals surface area (Å²) in [6, 6.07) is 8.71. The number of ether oxygens (including phenoxy) is 1. The standard InChI is InChI=1S/C17H18ClN3O2.2ClH/c18-15-10-12(17(22)21-13-2-1-7-20-11-13)3-4-16(15)23-14-5-8-19-9-6-14;;/h3-6,8-10,13,20H,1-2,7,11H2,(H,21,22);2*1H/t13-;;/m0../s1. The molecule has 1 fully saturated rings. The van der Waals surface area contributed by atoms with E-state index in [2.05, 4.69) is 15.6 Å². The Morgan fingerprint density at radius 1 is 1.24 bits per heavy atom. The molecule has 0 unspecified atom stereocenters. The highest BCUT2D eigenvalue weighted by Gasteiger charge is 2.17. The van der Waals surface area contributed by atoms with Crippen molar-refractivity contribution in [3.8, 4) is 11.5 Å². The van der Waals surface area contributed by atoms with Crippen molar-refractivity contribution in [1.29, 1.82) is 0 Å². The normalized spacial score (nSPS) is 16.1. The van der Waals surface area contributed by atoms with Gasteiger partial charge in [0, 0.05) is 30.5 Å². The SMILES string of the molecule is Cl.Cl.O=C(N[C@H]1CCCNC1)c1ccc(Oc2ccncc2)c(Cl)c1. The number of hydrogen-bond acceptors (Lipinski definition) is 4. The number of benzene rings is 1. The second-order valence-corrected chi connectivity index (χ2v) is 5.85. The molecule has 2 heterocycles. The first-order valence-electron chi connectivity index (χ1n) is 7.61. The molecule has 1 aliphatic rings. The second kappa shape index (κ2) is 10.5. The number of carbonyl (C=O) groups is 1. The molecule has 0 aliphatic carbocycles. The average molecular weight is 405 g/mol. The molecular formula is C17H20Cl3N3O2. The van der Waals surface area contributed by atoms with Crippen LogP contribution < -0.4 is 15.4 Å². The number of amides is 1. The zero-order valence-corrected chi connectivity index (χ0v) is 15.8. The Balaban J connectivity index is 0.00000156. The number of nitrogens with one attached hydrogen (secondary N) is 2. The summed E-state index contributed by atoms with van der Waals surface area (Å²) >= 11 is 6.23. The van der Waals surface area contributed by atoms with Crippen molar-refractivity contribution in [2.75, 3.05) is 13.1 Å². The summed E-state index contributed by atoms with van der Waals surface area (Å²) in [4.78, 5) is 16.2. The Bertz CT molecular complexity index is 680. The lowest BCUT2D eigenvalue weighted by Crippen LogP contribution is -2.45. The first-order valence-corrected chi connectivity index (χ1v) is 7.99. The zero-order valence-electron chi connectivity index (χ0n) is 13.4. The highest BCUT2D eigenvalue weighted by atomic mass is 35.5. The number of nitrogens with zero attached hydrogens (tertiary/aromatic N) is 1. The molecule has 1 aromatic carbocycles. The number of pyridine rings is 1. The van der Waals surface area contributed by atoms with E-state index in [1.807, 2.05) is 0 Å². The van der Waals surface area contributed by atoms with Gasteiger partial charge in [-0.15, -0.1) is 24.8 Å². The molecular weight excluding hydrogens is 385 g/mol. The van der Waals surface area contributed by atoms with Crippen LogP contribution in [0.5, 0.6) is 11.5 Å². The van der Waals surface area contributed by atoms with E-state index in [1.165, 1.54) is 0 Å². The van der Waals surface area contributed by atoms with E-state index in [9.17, 15) is 4.79 Å². The van der Waals surface area contributed by atoms with Crippen LogP contribution in [0.2, 0.25) is 5.02 Å². The van der Waals surface area contributed by atoms with Crippen LogP contribution in [-0.2, 0) is 0 Å². The molecule has 0 bridgehead atoms. The monoisotopic (exact) mass is 403 g/mol. The van der Waals surface area contributed by atoms with E-state index in [0.29, 0.717) is 22.1 Å². The maximum Gasteiger partial charge on any atom is 0.251 e. The second-order valence-electron chi connectivity index (χ2n) is 5.45. The number of carbonyl (C=O) groups excluding carboxylic acids is 1. The van der Waals surface area contributed by atoms with Crippen LogP contribution in [0, 0.1) is 0 Å². The minimum absolute atomic E-state index is 0. The third-order valence-electron chi connectivity index (χ3n) is 3.70. The minimum atomic E-state index is -0.115. The van der Waals surface area contributed by atoms with Crippen molar-refractivity contribution in [2.24, 2.45) is 0 Å². The van der Waals surface area contributed by atoms with Crippen molar-refractivity contribution in [3.05, 3.63) is 53.3 Å². The molecule has 1 aliphatic heterocycles. The molecule has 136 valence electrons. The van der Waals surface area contributed by atoms with Crippen molar-refractivity contribution in [1.82, 2.24) is 15.6 Å². The summed E-state index contributed by atoms with van der Waals surface area (Å²) in [6.45, 7) is 1.82. The molecule has 8 heteroatoms. The van der Waals surface area contributed by atoms with Crippen LogP contribution in [0.1, 0.15) is 23.2 Å². The van der Waals surface area contributed by atoms with E-state index in [4.69, 9.17) is 16.3 Å². The Labute approximate surface area is 164 Å².